The standard InChI is InChI=1S/C28H35N5OS2/c1-27-15-13-21-24(36-26(31-21)30-20-6-4-5-7-22(20)34-3)19(27)9-8-16-17-10-11-23(32-33-25(29)35)28(17,2)14-12-18(16)27/h4-7,9,16-18H,8,10-15H2,1-3H3,(H,30,31)(H3,29,33,35)/b32-23+/t16-,17-,18-,27+,28-/m0/s1. The Morgan fingerprint density at radius 1 is 1.17 bits per heavy atom. The molecular formula is C28H35N5OS2. The van der Waals surface area contributed by atoms with Crippen LogP contribution in [0.4, 0.5) is 10.8 Å². The lowest BCUT2D eigenvalue weighted by molar-refractivity contribution is 0.0116. The van der Waals surface area contributed by atoms with Crippen molar-refractivity contribution in [2.45, 2.75) is 58.8 Å². The monoisotopic (exact) mass is 521 g/mol. The van der Waals surface area contributed by atoms with Crippen molar-refractivity contribution in [3.8, 4) is 5.75 Å². The number of methoxy groups -OCH3 is 1. The van der Waals surface area contributed by atoms with Crippen molar-refractivity contribution in [1.29, 1.82) is 0 Å². The number of ether oxygens (including phenoxy) is 1. The van der Waals surface area contributed by atoms with E-state index >= 15 is 0 Å². The van der Waals surface area contributed by atoms with Gasteiger partial charge in [-0.05, 0) is 98.0 Å². The topological polar surface area (TPSA) is 84.6 Å². The third-order valence-electron chi connectivity index (χ3n) is 9.68. The number of nitrogens with two attached hydrogens (primary N) is 1. The molecule has 8 heteroatoms. The molecule has 2 fully saturated rings. The molecule has 1 aromatic heterocycles. The van der Waals surface area contributed by atoms with Gasteiger partial charge in [-0.3, -0.25) is 5.43 Å². The maximum absolute atomic E-state index is 5.67. The maximum Gasteiger partial charge on any atom is 0.188 e. The molecule has 36 heavy (non-hydrogen) atoms. The first kappa shape index (κ1) is 23.9. The number of aromatic nitrogens is 1. The second-order valence-electron chi connectivity index (χ2n) is 11.3. The van der Waals surface area contributed by atoms with Crippen LogP contribution in [0, 0.1) is 28.6 Å². The molecule has 2 saturated carbocycles. The molecule has 1 aromatic carbocycles. The summed E-state index contributed by atoms with van der Waals surface area (Å²) >= 11 is 6.81. The first-order valence-electron chi connectivity index (χ1n) is 13.1. The predicted molar refractivity (Wildman–Crippen MR) is 152 cm³/mol. The summed E-state index contributed by atoms with van der Waals surface area (Å²) in [4.78, 5) is 6.42. The van der Waals surface area contributed by atoms with Crippen LogP contribution in [0.3, 0.4) is 0 Å². The lowest BCUT2D eigenvalue weighted by atomic mass is 9.48. The van der Waals surface area contributed by atoms with E-state index in [4.69, 9.17) is 27.7 Å². The summed E-state index contributed by atoms with van der Waals surface area (Å²) in [5.74, 6) is 2.92. The molecular weight excluding hydrogens is 486 g/mol. The summed E-state index contributed by atoms with van der Waals surface area (Å²) in [5, 5.41) is 9.39. The highest BCUT2D eigenvalue weighted by molar-refractivity contribution is 7.80. The molecule has 190 valence electrons. The number of allylic oxidation sites excluding steroid dienone is 2. The van der Waals surface area contributed by atoms with E-state index in [-0.39, 0.29) is 15.9 Å². The Morgan fingerprint density at radius 3 is 2.78 bits per heavy atom. The van der Waals surface area contributed by atoms with Crippen LogP contribution in [0.5, 0.6) is 5.75 Å². The van der Waals surface area contributed by atoms with Gasteiger partial charge < -0.3 is 15.8 Å². The number of aryl methyl sites for hydroxylation is 1. The van der Waals surface area contributed by atoms with Crippen molar-refractivity contribution < 1.29 is 4.74 Å². The fourth-order valence-corrected chi connectivity index (χ4v) is 9.14. The third-order valence-corrected chi connectivity index (χ3v) is 10.8. The number of thiocarbonyl (C=S) groups is 1. The quantitative estimate of drug-likeness (QED) is 0.325. The van der Waals surface area contributed by atoms with Gasteiger partial charge >= 0.3 is 0 Å². The highest BCUT2D eigenvalue weighted by Crippen LogP contribution is 2.65. The van der Waals surface area contributed by atoms with Gasteiger partial charge in [0.25, 0.3) is 0 Å². The van der Waals surface area contributed by atoms with Crippen LogP contribution in [0.25, 0.3) is 5.57 Å². The van der Waals surface area contributed by atoms with Gasteiger partial charge in [0, 0.05) is 11.1 Å². The summed E-state index contributed by atoms with van der Waals surface area (Å²) in [6, 6.07) is 8.04. The molecule has 0 spiro atoms. The van der Waals surface area contributed by atoms with Gasteiger partial charge in [-0.2, -0.15) is 5.10 Å². The molecule has 1 heterocycles. The van der Waals surface area contributed by atoms with E-state index < -0.39 is 0 Å². The van der Waals surface area contributed by atoms with Gasteiger partial charge in [0.2, 0.25) is 0 Å². The molecule has 4 N–H and O–H groups in total. The number of hydrogen-bond donors (Lipinski definition) is 3. The Morgan fingerprint density at radius 2 is 1.97 bits per heavy atom. The minimum absolute atomic E-state index is 0.150. The maximum atomic E-state index is 5.67. The molecule has 0 radical (unpaired) electrons. The van der Waals surface area contributed by atoms with Crippen molar-refractivity contribution in [3.05, 3.63) is 40.9 Å². The molecule has 0 saturated heterocycles. The van der Waals surface area contributed by atoms with E-state index in [9.17, 15) is 0 Å². The molecule has 4 aliphatic carbocycles. The van der Waals surface area contributed by atoms with E-state index in [1.54, 1.807) is 24.0 Å². The van der Waals surface area contributed by atoms with Gasteiger partial charge in [0.05, 0.1) is 23.4 Å². The smallest absolute Gasteiger partial charge is 0.188 e. The molecule has 2 aromatic rings. The second kappa shape index (κ2) is 8.84. The molecule has 6 rings (SSSR count). The molecule has 5 atom stereocenters. The summed E-state index contributed by atoms with van der Waals surface area (Å²) < 4.78 is 5.54. The van der Waals surface area contributed by atoms with Crippen LogP contribution in [0.2, 0.25) is 0 Å². The Hall–Kier alpha value is -2.45. The van der Waals surface area contributed by atoms with Gasteiger partial charge in [-0.25, -0.2) is 4.98 Å². The Labute approximate surface area is 222 Å². The number of fused-ring (bicyclic) bond motifs is 7. The predicted octanol–water partition coefficient (Wildman–Crippen LogP) is 6.27. The number of thiazole rings is 1. The van der Waals surface area contributed by atoms with E-state index in [1.807, 2.05) is 24.3 Å². The average molecular weight is 522 g/mol. The van der Waals surface area contributed by atoms with Gasteiger partial charge in [0.15, 0.2) is 10.2 Å². The minimum Gasteiger partial charge on any atom is -0.495 e. The van der Waals surface area contributed by atoms with Crippen molar-refractivity contribution in [2.75, 3.05) is 12.4 Å². The van der Waals surface area contributed by atoms with Crippen LogP contribution in [-0.4, -0.2) is 22.9 Å². The lowest BCUT2D eigenvalue weighted by Gasteiger charge is -2.56. The lowest BCUT2D eigenvalue weighted by Crippen LogP contribution is -2.49. The first-order chi connectivity index (χ1) is 17.3. The van der Waals surface area contributed by atoms with E-state index in [1.165, 1.54) is 42.0 Å². The fraction of sp³-hybridized carbons (Fsp3) is 0.536. The zero-order valence-electron chi connectivity index (χ0n) is 21.3. The van der Waals surface area contributed by atoms with Crippen molar-refractivity contribution in [2.24, 2.45) is 39.4 Å². The molecule has 0 amide bonds. The largest absolute Gasteiger partial charge is 0.495 e. The molecule has 0 unspecified atom stereocenters. The Kier molecular flexibility index (Phi) is 5.87. The van der Waals surface area contributed by atoms with Gasteiger partial charge in [-0.1, -0.05) is 43.4 Å². The number of benzene rings is 1. The van der Waals surface area contributed by atoms with Crippen LogP contribution < -0.4 is 21.2 Å². The normalized spacial score (nSPS) is 33.6. The van der Waals surface area contributed by atoms with E-state index in [2.05, 4.69) is 35.8 Å². The molecule has 0 aliphatic heterocycles. The number of hydrazone groups is 1. The average Bonchev–Trinajstić information content (AvgIpc) is 3.42. The summed E-state index contributed by atoms with van der Waals surface area (Å²) in [6.07, 6.45) is 10.6. The third kappa shape index (κ3) is 3.67. The fourth-order valence-electron chi connectivity index (χ4n) is 7.89. The molecule has 0 bridgehead atoms. The number of rotatable bonds is 4. The van der Waals surface area contributed by atoms with Gasteiger partial charge in [0.1, 0.15) is 5.75 Å². The van der Waals surface area contributed by atoms with Crippen molar-refractivity contribution in [3.63, 3.8) is 0 Å². The second-order valence-corrected chi connectivity index (χ2v) is 12.7. The Bertz CT molecular complexity index is 1270. The van der Waals surface area contributed by atoms with Crippen molar-refractivity contribution in [1.82, 2.24) is 10.4 Å². The molecule has 6 nitrogen and oxygen atoms in total. The van der Waals surface area contributed by atoms with E-state index in [0.29, 0.717) is 17.8 Å². The number of hydrogen-bond acceptors (Lipinski definition) is 6. The number of para-hydroxylation sites is 2. The van der Waals surface area contributed by atoms with Crippen LogP contribution in [0.1, 0.15) is 62.9 Å². The summed E-state index contributed by atoms with van der Waals surface area (Å²) in [5.41, 5.74) is 13.9. The summed E-state index contributed by atoms with van der Waals surface area (Å²) in [7, 11) is 1.71. The van der Waals surface area contributed by atoms with E-state index in [0.717, 1.165) is 35.8 Å². The Balaban J connectivity index is 1.29. The number of anilines is 2. The SMILES string of the molecule is COc1ccccc1Nc1nc2c(s1)C1=CC[C@@H]3[C@H](CC[C@]4(C)/C(=N/NC(N)=S)CC[C@@H]34)[C@@]1(C)CC2. The van der Waals surface area contributed by atoms with Crippen LogP contribution >= 0.6 is 23.6 Å². The highest BCUT2D eigenvalue weighted by Gasteiger charge is 2.58. The molecule has 4 aliphatic rings. The first-order valence-corrected chi connectivity index (χ1v) is 14.3. The minimum atomic E-state index is 0.150. The highest BCUT2D eigenvalue weighted by atomic mass is 32.1. The van der Waals surface area contributed by atoms with Crippen LogP contribution in [-0.2, 0) is 6.42 Å². The zero-order valence-corrected chi connectivity index (χ0v) is 22.9. The number of nitrogens with one attached hydrogen (secondary N) is 2. The van der Waals surface area contributed by atoms with Crippen molar-refractivity contribution >= 4 is 50.8 Å². The van der Waals surface area contributed by atoms with Crippen LogP contribution in [0.15, 0.2) is 35.4 Å². The number of nitrogens with zero attached hydrogens (tertiary/aromatic N) is 2. The summed E-state index contributed by atoms with van der Waals surface area (Å²) in [6.45, 7) is 4.97. The van der Waals surface area contributed by atoms with Gasteiger partial charge in [-0.15, -0.1) is 0 Å². The zero-order chi connectivity index (χ0) is 25.1.